The highest BCUT2D eigenvalue weighted by Crippen LogP contribution is 2.14. The lowest BCUT2D eigenvalue weighted by Crippen LogP contribution is -2.41. The molecule has 3 N–H and O–H groups in total. The van der Waals surface area contributed by atoms with Crippen molar-refractivity contribution in [2.24, 2.45) is 5.73 Å². The Morgan fingerprint density at radius 1 is 1.32 bits per heavy atom. The molecule has 0 saturated heterocycles. The van der Waals surface area contributed by atoms with Crippen molar-refractivity contribution in [3.8, 4) is 0 Å². The summed E-state index contributed by atoms with van der Waals surface area (Å²) in [5, 5.41) is 4.92. The SMILES string of the molecule is Cc1ccsc1CNC(=O)[C@@H](N)Cc1ccccc1. The number of hydrogen-bond donors (Lipinski definition) is 2. The standard InChI is InChI=1S/C15H18N2OS/c1-11-7-8-19-14(11)10-17-15(18)13(16)9-12-5-3-2-4-6-12/h2-8,13H,9-10,16H2,1H3,(H,17,18)/t13-/m0/s1. The predicted molar refractivity (Wildman–Crippen MR) is 79.0 cm³/mol. The normalized spacial score (nSPS) is 12.1. The molecule has 1 atom stereocenters. The summed E-state index contributed by atoms with van der Waals surface area (Å²) < 4.78 is 0. The molecule has 0 spiro atoms. The van der Waals surface area contributed by atoms with E-state index >= 15 is 0 Å². The maximum atomic E-state index is 11.9. The van der Waals surface area contributed by atoms with Crippen molar-refractivity contribution in [2.45, 2.75) is 25.9 Å². The van der Waals surface area contributed by atoms with Crippen molar-refractivity contribution in [1.82, 2.24) is 5.32 Å². The van der Waals surface area contributed by atoms with E-state index < -0.39 is 6.04 Å². The lowest BCUT2D eigenvalue weighted by Gasteiger charge is -2.12. The summed E-state index contributed by atoms with van der Waals surface area (Å²) in [7, 11) is 0. The average molecular weight is 274 g/mol. The Kier molecular flexibility index (Phi) is 4.71. The van der Waals surface area contributed by atoms with Crippen LogP contribution in [0.1, 0.15) is 16.0 Å². The van der Waals surface area contributed by atoms with Gasteiger partial charge in [0.2, 0.25) is 5.91 Å². The van der Waals surface area contributed by atoms with Crippen LogP contribution < -0.4 is 11.1 Å². The molecule has 1 aromatic heterocycles. The minimum absolute atomic E-state index is 0.100. The Labute approximate surface area is 117 Å². The third-order valence-electron chi connectivity index (χ3n) is 3.03. The van der Waals surface area contributed by atoms with E-state index in [-0.39, 0.29) is 5.91 Å². The molecule has 3 nitrogen and oxygen atoms in total. The van der Waals surface area contributed by atoms with E-state index in [2.05, 4.69) is 11.4 Å². The van der Waals surface area contributed by atoms with E-state index in [4.69, 9.17) is 5.73 Å². The molecule has 1 aromatic carbocycles. The second-order valence-electron chi connectivity index (χ2n) is 4.54. The third-order valence-corrected chi connectivity index (χ3v) is 4.05. The maximum Gasteiger partial charge on any atom is 0.237 e. The van der Waals surface area contributed by atoms with Crippen molar-refractivity contribution in [3.63, 3.8) is 0 Å². The van der Waals surface area contributed by atoms with Gasteiger partial charge in [0, 0.05) is 4.88 Å². The summed E-state index contributed by atoms with van der Waals surface area (Å²) in [5.41, 5.74) is 8.21. The molecule has 0 aliphatic carbocycles. The Morgan fingerprint density at radius 2 is 2.05 bits per heavy atom. The number of nitrogens with one attached hydrogen (secondary N) is 1. The molecular weight excluding hydrogens is 256 g/mol. The number of amides is 1. The molecule has 4 heteroatoms. The fourth-order valence-electron chi connectivity index (χ4n) is 1.84. The molecule has 0 fully saturated rings. The van der Waals surface area contributed by atoms with Gasteiger partial charge in [-0.05, 0) is 35.9 Å². The minimum Gasteiger partial charge on any atom is -0.350 e. The first-order valence-corrected chi connectivity index (χ1v) is 7.15. The number of thiophene rings is 1. The largest absolute Gasteiger partial charge is 0.350 e. The number of nitrogens with two attached hydrogens (primary N) is 1. The summed E-state index contributed by atoms with van der Waals surface area (Å²) in [6.45, 7) is 2.60. The van der Waals surface area contributed by atoms with Gasteiger partial charge in [-0.15, -0.1) is 11.3 Å². The molecule has 100 valence electrons. The number of rotatable bonds is 5. The topological polar surface area (TPSA) is 55.1 Å². The zero-order valence-electron chi connectivity index (χ0n) is 10.9. The molecule has 2 rings (SSSR count). The van der Waals surface area contributed by atoms with Crippen LogP contribution >= 0.6 is 11.3 Å². The van der Waals surface area contributed by atoms with Gasteiger partial charge in [0.25, 0.3) is 0 Å². The molecule has 1 heterocycles. The van der Waals surface area contributed by atoms with Gasteiger partial charge in [-0.2, -0.15) is 0 Å². The zero-order chi connectivity index (χ0) is 13.7. The predicted octanol–water partition coefficient (Wildman–Crippen LogP) is 2.24. The molecule has 2 aromatic rings. The number of aryl methyl sites for hydroxylation is 1. The van der Waals surface area contributed by atoms with Gasteiger partial charge < -0.3 is 11.1 Å². The number of carbonyl (C=O) groups is 1. The monoisotopic (exact) mass is 274 g/mol. The Bertz CT molecular complexity index is 536. The van der Waals surface area contributed by atoms with E-state index in [1.165, 1.54) is 10.4 Å². The maximum absolute atomic E-state index is 11.9. The van der Waals surface area contributed by atoms with Crippen molar-refractivity contribution >= 4 is 17.2 Å². The molecule has 1 amide bonds. The van der Waals surface area contributed by atoms with Gasteiger partial charge >= 0.3 is 0 Å². The molecular formula is C15H18N2OS. The van der Waals surface area contributed by atoms with Crippen LogP contribution in [-0.4, -0.2) is 11.9 Å². The van der Waals surface area contributed by atoms with Crippen molar-refractivity contribution < 1.29 is 4.79 Å². The first kappa shape index (κ1) is 13.8. The molecule has 0 unspecified atom stereocenters. The fourth-order valence-corrected chi connectivity index (χ4v) is 2.69. The van der Waals surface area contributed by atoms with E-state index in [0.717, 1.165) is 5.56 Å². The smallest absolute Gasteiger partial charge is 0.237 e. The highest BCUT2D eigenvalue weighted by Gasteiger charge is 2.14. The molecule has 0 saturated carbocycles. The van der Waals surface area contributed by atoms with Crippen molar-refractivity contribution in [2.75, 3.05) is 0 Å². The molecule has 0 aliphatic rings. The van der Waals surface area contributed by atoms with Gasteiger partial charge in [0.1, 0.15) is 0 Å². The van der Waals surface area contributed by atoms with Gasteiger partial charge in [0.05, 0.1) is 12.6 Å². The van der Waals surface area contributed by atoms with Gasteiger partial charge in [-0.25, -0.2) is 0 Å². The second kappa shape index (κ2) is 6.50. The van der Waals surface area contributed by atoms with E-state index in [1.807, 2.05) is 42.6 Å². The van der Waals surface area contributed by atoms with Crippen LogP contribution in [-0.2, 0) is 17.8 Å². The van der Waals surface area contributed by atoms with Gasteiger partial charge in [0.15, 0.2) is 0 Å². The summed E-state index contributed by atoms with van der Waals surface area (Å²) in [5.74, 6) is -0.100. The van der Waals surface area contributed by atoms with Crippen LogP contribution in [0.15, 0.2) is 41.8 Å². The first-order valence-electron chi connectivity index (χ1n) is 6.27. The van der Waals surface area contributed by atoms with Crippen LogP contribution in [0, 0.1) is 6.92 Å². The summed E-state index contributed by atoms with van der Waals surface area (Å²) >= 11 is 1.65. The van der Waals surface area contributed by atoms with E-state index in [1.54, 1.807) is 11.3 Å². The summed E-state index contributed by atoms with van der Waals surface area (Å²) in [6.07, 6.45) is 0.566. The molecule has 0 bridgehead atoms. The third kappa shape index (κ3) is 3.91. The second-order valence-corrected chi connectivity index (χ2v) is 5.54. The van der Waals surface area contributed by atoms with Crippen LogP contribution in [0.3, 0.4) is 0 Å². The molecule has 0 radical (unpaired) electrons. The van der Waals surface area contributed by atoms with E-state index in [9.17, 15) is 4.79 Å². The Morgan fingerprint density at radius 3 is 2.68 bits per heavy atom. The Hall–Kier alpha value is -1.65. The minimum atomic E-state index is -0.498. The van der Waals surface area contributed by atoms with Crippen LogP contribution in [0.5, 0.6) is 0 Å². The Balaban J connectivity index is 1.84. The average Bonchev–Trinajstić information content (AvgIpc) is 2.82. The zero-order valence-corrected chi connectivity index (χ0v) is 11.7. The highest BCUT2D eigenvalue weighted by molar-refractivity contribution is 7.10. The molecule has 0 aliphatic heterocycles. The number of benzene rings is 1. The highest BCUT2D eigenvalue weighted by atomic mass is 32.1. The lowest BCUT2D eigenvalue weighted by molar-refractivity contribution is -0.122. The summed E-state index contributed by atoms with van der Waals surface area (Å²) in [6, 6.07) is 11.4. The number of carbonyl (C=O) groups excluding carboxylic acids is 1. The molecule has 19 heavy (non-hydrogen) atoms. The van der Waals surface area contributed by atoms with Crippen LogP contribution in [0.4, 0.5) is 0 Å². The van der Waals surface area contributed by atoms with Crippen molar-refractivity contribution in [1.29, 1.82) is 0 Å². The number of hydrogen-bond acceptors (Lipinski definition) is 3. The first-order chi connectivity index (χ1) is 9.16. The van der Waals surface area contributed by atoms with Crippen LogP contribution in [0.2, 0.25) is 0 Å². The lowest BCUT2D eigenvalue weighted by atomic mass is 10.1. The van der Waals surface area contributed by atoms with Gasteiger partial charge in [-0.3, -0.25) is 4.79 Å². The van der Waals surface area contributed by atoms with E-state index in [0.29, 0.717) is 13.0 Å². The quantitative estimate of drug-likeness (QED) is 0.878. The fraction of sp³-hybridized carbons (Fsp3) is 0.267. The van der Waals surface area contributed by atoms with Crippen LogP contribution in [0.25, 0.3) is 0 Å². The summed E-state index contributed by atoms with van der Waals surface area (Å²) in [4.78, 5) is 13.1. The van der Waals surface area contributed by atoms with Gasteiger partial charge in [-0.1, -0.05) is 30.3 Å². The van der Waals surface area contributed by atoms with Crippen molar-refractivity contribution in [3.05, 3.63) is 57.8 Å².